The van der Waals surface area contributed by atoms with Crippen LogP contribution in [0.4, 0.5) is 0 Å². The molecule has 0 aliphatic carbocycles. The molecule has 3 rings (SSSR count). The van der Waals surface area contributed by atoms with Crippen molar-refractivity contribution in [3.63, 3.8) is 0 Å². The molecule has 0 fully saturated rings. The summed E-state index contributed by atoms with van der Waals surface area (Å²) in [4.78, 5) is 15.6. The number of nitrogens with one attached hydrogen (secondary N) is 2. The van der Waals surface area contributed by atoms with E-state index >= 15 is 0 Å². The first-order valence-electron chi connectivity index (χ1n) is 9.98. The Morgan fingerprint density at radius 2 is 1.90 bits per heavy atom. The molecule has 29 heavy (non-hydrogen) atoms. The Labute approximate surface area is 171 Å². The number of benzene rings is 2. The van der Waals surface area contributed by atoms with E-state index in [2.05, 4.69) is 40.0 Å². The van der Waals surface area contributed by atoms with Gasteiger partial charge in [-0.2, -0.15) is 0 Å². The Hall–Kier alpha value is -2.99. The van der Waals surface area contributed by atoms with Gasteiger partial charge in [-0.3, -0.25) is 4.79 Å². The third kappa shape index (κ3) is 4.38. The lowest BCUT2D eigenvalue weighted by Gasteiger charge is -2.21. The number of methoxy groups -OCH3 is 2. The van der Waals surface area contributed by atoms with Crippen LogP contribution >= 0.6 is 0 Å². The van der Waals surface area contributed by atoms with Gasteiger partial charge in [0.05, 0.1) is 26.7 Å². The van der Waals surface area contributed by atoms with Gasteiger partial charge in [-0.25, -0.2) is 0 Å². The maximum Gasteiger partial charge on any atom is 0.277 e. The quantitative estimate of drug-likeness (QED) is 0.520. The van der Waals surface area contributed by atoms with E-state index in [9.17, 15) is 4.79 Å². The van der Waals surface area contributed by atoms with Gasteiger partial charge in [0.2, 0.25) is 0 Å². The molecule has 0 aliphatic rings. The fraction of sp³-hybridized carbons (Fsp3) is 0.348. The van der Waals surface area contributed by atoms with Gasteiger partial charge in [-0.15, -0.1) is 0 Å². The zero-order chi connectivity index (χ0) is 20.8. The van der Waals surface area contributed by atoms with E-state index in [4.69, 9.17) is 9.47 Å². The Kier molecular flexibility index (Phi) is 6.77. The van der Waals surface area contributed by atoms with Gasteiger partial charge in [0.25, 0.3) is 5.91 Å². The molecule has 0 spiro atoms. The summed E-state index contributed by atoms with van der Waals surface area (Å²) >= 11 is 0. The zero-order valence-electron chi connectivity index (χ0n) is 17.5. The minimum atomic E-state index is -0.181. The molecule has 1 amide bonds. The Morgan fingerprint density at radius 1 is 1.10 bits per heavy atom. The minimum absolute atomic E-state index is 0.0214. The lowest BCUT2D eigenvalue weighted by Crippen LogP contribution is -2.92. The molecule has 0 saturated carbocycles. The number of nitrogens with two attached hydrogens (primary N) is 1. The number of aromatic nitrogens is 1. The van der Waals surface area contributed by atoms with Crippen molar-refractivity contribution in [3.8, 4) is 11.5 Å². The van der Waals surface area contributed by atoms with E-state index < -0.39 is 0 Å². The number of carbonyl (C=O) groups excluding carboxylic acids is 1. The number of likely N-dealkylation sites (N-methyl/N-ethyl adjacent to an activating group) is 1. The summed E-state index contributed by atoms with van der Waals surface area (Å²) < 4.78 is 11.2. The highest BCUT2D eigenvalue weighted by atomic mass is 16.5. The van der Waals surface area contributed by atoms with Crippen LogP contribution in [0.25, 0.3) is 10.9 Å². The third-order valence-corrected chi connectivity index (χ3v) is 5.30. The van der Waals surface area contributed by atoms with Crippen LogP contribution in [0.3, 0.4) is 0 Å². The molecule has 3 aromatic rings. The topological polar surface area (TPSA) is 80.0 Å². The summed E-state index contributed by atoms with van der Waals surface area (Å²) in [6.07, 6.45) is 2.05. The fourth-order valence-corrected chi connectivity index (χ4v) is 3.77. The smallest absolute Gasteiger partial charge is 0.277 e. The van der Waals surface area contributed by atoms with Gasteiger partial charge in [0.15, 0.2) is 17.5 Å². The Morgan fingerprint density at radius 3 is 2.62 bits per heavy atom. The van der Waals surface area contributed by atoms with E-state index in [1.165, 1.54) is 10.9 Å². The minimum Gasteiger partial charge on any atom is -0.493 e. The van der Waals surface area contributed by atoms with Crippen molar-refractivity contribution in [1.82, 2.24) is 10.3 Å². The monoisotopic (exact) mass is 396 g/mol. The van der Waals surface area contributed by atoms with Gasteiger partial charge < -0.3 is 25.1 Å². The van der Waals surface area contributed by atoms with E-state index in [0.29, 0.717) is 18.8 Å². The normalized spacial score (nSPS) is 13.1. The lowest BCUT2D eigenvalue weighted by molar-refractivity contribution is -0.674. The fourth-order valence-electron chi connectivity index (χ4n) is 3.77. The largest absolute Gasteiger partial charge is 0.493 e. The van der Waals surface area contributed by atoms with Gasteiger partial charge >= 0.3 is 0 Å². The molecule has 2 aromatic carbocycles. The second-order valence-electron chi connectivity index (χ2n) is 7.08. The van der Waals surface area contributed by atoms with Gasteiger partial charge in [0.1, 0.15) is 0 Å². The Balaban J connectivity index is 2.02. The summed E-state index contributed by atoms with van der Waals surface area (Å²) in [5.74, 6) is 1.49. The van der Waals surface area contributed by atoms with E-state index in [0.717, 1.165) is 16.8 Å². The SMILES string of the molecule is CCNC(=O)[C@@H](C)[NH2+]C[C@H](c1cccc(OC)c1OC)c1c[nH]c2ccccc12. The number of H-pyrrole nitrogens is 1. The molecule has 0 saturated heterocycles. The maximum atomic E-state index is 12.2. The number of ether oxygens (including phenoxy) is 2. The van der Waals surface area contributed by atoms with Crippen molar-refractivity contribution in [2.45, 2.75) is 25.8 Å². The van der Waals surface area contributed by atoms with Crippen molar-refractivity contribution < 1.29 is 19.6 Å². The maximum absolute atomic E-state index is 12.2. The molecule has 1 aromatic heterocycles. The molecular weight excluding hydrogens is 366 g/mol. The van der Waals surface area contributed by atoms with Crippen LogP contribution in [0, 0.1) is 0 Å². The lowest BCUT2D eigenvalue weighted by atomic mass is 9.89. The van der Waals surface area contributed by atoms with E-state index in [-0.39, 0.29) is 17.9 Å². The average Bonchev–Trinajstić information content (AvgIpc) is 3.17. The number of hydrogen-bond donors (Lipinski definition) is 3. The summed E-state index contributed by atoms with van der Waals surface area (Å²) in [6, 6.07) is 14.0. The van der Waals surface area contributed by atoms with Crippen molar-refractivity contribution in [2.24, 2.45) is 0 Å². The number of quaternary nitrogens is 1. The molecule has 6 nitrogen and oxygen atoms in total. The zero-order valence-corrected chi connectivity index (χ0v) is 17.5. The Bertz CT molecular complexity index is 967. The predicted molar refractivity (Wildman–Crippen MR) is 115 cm³/mol. The van der Waals surface area contributed by atoms with Gasteiger partial charge in [0, 0.05) is 29.2 Å². The predicted octanol–water partition coefficient (Wildman–Crippen LogP) is 2.41. The van der Waals surface area contributed by atoms with E-state index in [1.54, 1.807) is 14.2 Å². The van der Waals surface area contributed by atoms with Crippen LogP contribution in [-0.2, 0) is 4.79 Å². The molecule has 6 heteroatoms. The standard InChI is InChI=1S/C23H29N3O3/c1-5-24-23(27)15(2)25-13-19(17-10-8-12-21(28-3)22(17)29-4)18-14-26-20-11-7-6-9-16(18)20/h6-12,14-15,19,25-26H,5,13H2,1-4H3,(H,24,27)/p+1/t15-,19-/m1/s1. The molecule has 154 valence electrons. The highest BCUT2D eigenvalue weighted by molar-refractivity contribution is 5.84. The van der Waals surface area contributed by atoms with E-state index in [1.807, 2.05) is 38.1 Å². The highest BCUT2D eigenvalue weighted by Gasteiger charge is 2.27. The number of hydrogen-bond acceptors (Lipinski definition) is 3. The van der Waals surface area contributed by atoms with Crippen molar-refractivity contribution in [2.75, 3.05) is 27.3 Å². The van der Waals surface area contributed by atoms with Crippen LogP contribution in [-0.4, -0.2) is 44.2 Å². The summed E-state index contributed by atoms with van der Waals surface area (Å²) in [5, 5.41) is 6.14. The number of fused-ring (bicyclic) bond motifs is 1. The molecule has 2 atom stereocenters. The first-order chi connectivity index (χ1) is 14.1. The molecule has 4 N–H and O–H groups in total. The van der Waals surface area contributed by atoms with Crippen LogP contribution in [0.1, 0.15) is 30.9 Å². The first-order valence-corrected chi connectivity index (χ1v) is 9.98. The number of aromatic amines is 1. The molecule has 0 bridgehead atoms. The second-order valence-corrected chi connectivity index (χ2v) is 7.08. The van der Waals surface area contributed by atoms with Crippen molar-refractivity contribution in [3.05, 3.63) is 59.8 Å². The molecule has 0 aliphatic heterocycles. The van der Waals surface area contributed by atoms with Crippen LogP contribution in [0.15, 0.2) is 48.7 Å². The van der Waals surface area contributed by atoms with Gasteiger partial charge in [-0.1, -0.05) is 30.3 Å². The number of rotatable bonds is 9. The number of para-hydroxylation sites is 2. The summed E-state index contributed by atoms with van der Waals surface area (Å²) in [7, 11) is 3.31. The molecule has 0 radical (unpaired) electrons. The first kappa shape index (κ1) is 20.7. The van der Waals surface area contributed by atoms with Crippen LogP contribution in [0.2, 0.25) is 0 Å². The third-order valence-electron chi connectivity index (χ3n) is 5.30. The molecule has 1 heterocycles. The van der Waals surface area contributed by atoms with Crippen LogP contribution in [0.5, 0.6) is 11.5 Å². The van der Waals surface area contributed by atoms with Crippen molar-refractivity contribution in [1.29, 1.82) is 0 Å². The second kappa shape index (κ2) is 9.47. The number of carbonyl (C=O) groups is 1. The molecule has 0 unspecified atom stereocenters. The summed E-state index contributed by atoms with van der Waals surface area (Å²) in [5.41, 5.74) is 3.30. The molecular formula is C23H30N3O3+. The average molecular weight is 397 g/mol. The van der Waals surface area contributed by atoms with Crippen molar-refractivity contribution >= 4 is 16.8 Å². The van der Waals surface area contributed by atoms with Crippen LogP contribution < -0.4 is 20.1 Å². The summed E-state index contributed by atoms with van der Waals surface area (Å²) in [6.45, 7) is 5.19. The highest BCUT2D eigenvalue weighted by Crippen LogP contribution is 2.39. The van der Waals surface area contributed by atoms with Gasteiger partial charge in [-0.05, 0) is 31.5 Å². The number of amides is 1.